The van der Waals surface area contributed by atoms with Crippen LogP contribution < -0.4 is 0 Å². The van der Waals surface area contributed by atoms with Gasteiger partial charge in [-0.2, -0.15) is 0 Å². The van der Waals surface area contributed by atoms with Crippen LogP contribution in [-0.4, -0.2) is 62.4 Å². The monoisotopic (exact) mass is 305 g/mol. The van der Waals surface area contributed by atoms with Gasteiger partial charge in [-0.3, -0.25) is 9.69 Å². The maximum atomic E-state index is 12.5. The second kappa shape index (κ2) is 7.52. The van der Waals surface area contributed by atoms with Crippen molar-refractivity contribution in [3.05, 3.63) is 0 Å². The summed E-state index contributed by atoms with van der Waals surface area (Å²) in [5.74, 6) is 0.404. The third kappa shape index (κ3) is 4.53. The molecule has 1 unspecified atom stereocenters. The molecule has 6 heteroatoms. The summed E-state index contributed by atoms with van der Waals surface area (Å²) in [7, 11) is -2.98. The summed E-state index contributed by atoms with van der Waals surface area (Å²) in [4.78, 5) is 14.7. The van der Waals surface area contributed by atoms with Crippen molar-refractivity contribution in [2.75, 3.05) is 37.8 Å². The summed E-state index contributed by atoms with van der Waals surface area (Å²) >= 11 is 0. The molecule has 1 saturated heterocycles. The number of carbonyl (C=O) groups excluding carboxylic acids is 1. The summed E-state index contributed by atoms with van der Waals surface area (Å²) in [6.45, 7) is 8.47. The fraction of sp³-hybridized carbons (Fsp3) is 0.929. The fourth-order valence-corrected chi connectivity index (χ4v) is 3.39. The van der Waals surface area contributed by atoms with Crippen LogP contribution in [0.15, 0.2) is 0 Å². The first-order chi connectivity index (χ1) is 9.35. The first-order valence-corrected chi connectivity index (χ1v) is 9.24. The van der Waals surface area contributed by atoms with Gasteiger partial charge in [0.1, 0.15) is 9.84 Å². The quantitative estimate of drug-likeness (QED) is 0.676. The van der Waals surface area contributed by atoms with Crippen molar-refractivity contribution in [2.24, 2.45) is 0 Å². The van der Waals surface area contributed by atoms with Crippen molar-refractivity contribution in [3.63, 3.8) is 0 Å². The van der Waals surface area contributed by atoms with E-state index in [2.05, 4.69) is 4.90 Å². The number of ether oxygens (including phenoxy) is 1. The summed E-state index contributed by atoms with van der Waals surface area (Å²) in [5, 5.41) is 0. The molecule has 0 amide bonds. The predicted octanol–water partition coefficient (Wildman–Crippen LogP) is 1.27. The Morgan fingerprint density at radius 3 is 2.35 bits per heavy atom. The van der Waals surface area contributed by atoms with Gasteiger partial charge in [0, 0.05) is 25.3 Å². The van der Waals surface area contributed by atoms with E-state index in [1.54, 1.807) is 6.92 Å². The maximum absolute atomic E-state index is 12.5. The molecule has 0 aromatic carbocycles. The first kappa shape index (κ1) is 17.6. The summed E-state index contributed by atoms with van der Waals surface area (Å²) in [6, 6.07) is 0. The Kier molecular flexibility index (Phi) is 6.61. The van der Waals surface area contributed by atoms with E-state index < -0.39 is 15.4 Å². The molecular formula is C14H27NO4S. The fourth-order valence-electron chi connectivity index (χ4n) is 2.52. The Morgan fingerprint density at radius 2 is 1.85 bits per heavy atom. The second-order valence-electron chi connectivity index (χ2n) is 5.49. The molecule has 1 aliphatic rings. The molecule has 0 bridgehead atoms. The highest BCUT2D eigenvalue weighted by atomic mass is 32.2. The Hall–Kier alpha value is -0.460. The predicted molar refractivity (Wildman–Crippen MR) is 79.7 cm³/mol. The molecule has 0 aliphatic carbocycles. The molecule has 118 valence electrons. The van der Waals surface area contributed by atoms with E-state index in [1.165, 1.54) is 0 Å². The topological polar surface area (TPSA) is 63.7 Å². The second-order valence-corrected chi connectivity index (χ2v) is 7.96. The van der Waals surface area contributed by atoms with Crippen LogP contribution in [0.1, 0.15) is 40.0 Å². The van der Waals surface area contributed by atoms with Gasteiger partial charge in [-0.15, -0.1) is 0 Å². The third-order valence-corrected chi connectivity index (χ3v) is 6.09. The minimum Gasteiger partial charge on any atom is -0.379 e. The highest BCUT2D eigenvalue weighted by Gasteiger charge is 2.37. The zero-order valence-corrected chi connectivity index (χ0v) is 13.7. The van der Waals surface area contributed by atoms with Crippen molar-refractivity contribution in [1.29, 1.82) is 0 Å². The van der Waals surface area contributed by atoms with Gasteiger partial charge in [0.15, 0.2) is 5.78 Å². The number of ketones is 1. The number of Topliss-reactive ketones (excluding diaryl/α,β-unsaturated/α-hetero) is 1. The SMILES string of the molecule is CCC(C)(C(=O)CCCS(=O)(=O)CC)N1CCOCC1. The average Bonchev–Trinajstić information content (AvgIpc) is 2.47. The van der Waals surface area contributed by atoms with Crippen molar-refractivity contribution < 1.29 is 17.9 Å². The molecule has 1 aliphatic heterocycles. The third-order valence-electron chi connectivity index (χ3n) is 4.30. The maximum Gasteiger partial charge on any atom is 0.152 e. The van der Waals surface area contributed by atoms with Crippen LogP contribution in [-0.2, 0) is 19.4 Å². The number of morpholine rings is 1. The van der Waals surface area contributed by atoms with E-state index in [1.807, 2.05) is 13.8 Å². The van der Waals surface area contributed by atoms with Crippen LogP contribution in [0, 0.1) is 0 Å². The molecule has 1 fully saturated rings. The molecule has 0 saturated carbocycles. The lowest BCUT2D eigenvalue weighted by Crippen LogP contribution is -2.56. The molecular weight excluding hydrogens is 278 g/mol. The molecule has 1 rings (SSSR count). The van der Waals surface area contributed by atoms with Crippen LogP contribution >= 0.6 is 0 Å². The Labute approximate surface area is 122 Å². The summed E-state index contributed by atoms with van der Waals surface area (Å²) in [5.41, 5.74) is -0.486. The van der Waals surface area contributed by atoms with Gasteiger partial charge in [0.2, 0.25) is 0 Å². The molecule has 1 atom stereocenters. The van der Waals surface area contributed by atoms with E-state index in [-0.39, 0.29) is 17.3 Å². The highest BCUT2D eigenvalue weighted by molar-refractivity contribution is 7.91. The Bertz CT molecular complexity index is 415. The number of nitrogens with zero attached hydrogens (tertiary/aromatic N) is 1. The zero-order chi connectivity index (χ0) is 15.2. The van der Waals surface area contributed by atoms with Crippen LogP contribution in [0.25, 0.3) is 0 Å². The van der Waals surface area contributed by atoms with Gasteiger partial charge in [0.25, 0.3) is 0 Å². The average molecular weight is 305 g/mol. The minimum atomic E-state index is -2.98. The first-order valence-electron chi connectivity index (χ1n) is 7.42. The smallest absolute Gasteiger partial charge is 0.152 e. The van der Waals surface area contributed by atoms with Crippen LogP contribution in [0.4, 0.5) is 0 Å². The Balaban J connectivity index is 2.57. The van der Waals surface area contributed by atoms with Crippen LogP contribution in [0.2, 0.25) is 0 Å². The van der Waals surface area contributed by atoms with E-state index in [4.69, 9.17) is 4.74 Å². The van der Waals surface area contributed by atoms with Crippen LogP contribution in [0.3, 0.4) is 0 Å². The lowest BCUT2D eigenvalue weighted by Gasteiger charge is -2.41. The minimum absolute atomic E-state index is 0.109. The molecule has 5 nitrogen and oxygen atoms in total. The summed E-state index contributed by atoms with van der Waals surface area (Å²) in [6.07, 6.45) is 1.50. The lowest BCUT2D eigenvalue weighted by molar-refractivity contribution is -0.133. The largest absolute Gasteiger partial charge is 0.379 e. The standard InChI is InChI=1S/C14H27NO4S/c1-4-14(3,15-8-10-19-11-9-15)13(16)7-6-12-20(17,18)5-2/h4-12H2,1-3H3. The van der Waals surface area contributed by atoms with Crippen LogP contribution in [0.5, 0.6) is 0 Å². The van der Waals surface area contributed by atoms with Crippen molar-refractivity contribution in [2.45, 2.75) is 45.6 Å². The number of carbonyl (C=O) groups is 1. The van der Waals surface area contributed by atoms with E-state index in [0.717, 1.165) is 19.5 Å². The molecule has 0 spiro atoms. The van der Waals surface area contributed by atoms with Gasteiger partial charge >= 0.3 is 0 Å². The van der Waals surface area contributed by atoms with Crippen molar-refractivity contribution >= 4 is 15.6 Å². The highest BCUT2D eigenvalue weighted by Crippen LogP contribution is 2.24. The van der Waals surface area contributed by atoms with E-state index >= 15 is 0 Å². The lowest BCUT2D eigenvalue weighted by atomic mass is 9.88. The van der Waals surface area contributed by atoms with Gasteiger partial charge in [0.05, 0.1) is 24.5 Å². The number of rotatable bonds is 8. The van der Waals surface area contributed by atoms with Crippen molar-refractivity contribution in [3.8, 4) is 0 Å². The molecule has 0 aromatic heterocycles. The Morgan fingerprint density at radius 1 is 1.25 bits per heavy atom. The number of sulfone groups is 1. The van der Waals surface area contributed by atoms with Gasteiger partial charge in [-0.05, 0) is 19.8 Å². The summed E-state index contributed by atoms with van der Waals surface area (Å²) < 4.78 is 28.3. The number of hydrogen-bond acceptors (Lipinski definition) is 5. The molecule has 0 radical (unpaired) electrons. The van der Waals surface area contributed by atoms with E-state index in [0.29, 0.717) is 26.1 Å². The normalized spacial score (nSPS) is 20.6. The van der Waals surface area contributed by atoms with E-state index in [9.17, 15) is 13.2 Å². The zero-order valence-electron chi connectivity index (χ0n) is 12.9. The molecule has 0 N–H and O–H groups in total. The molecule has 0 aromatic rings. The molecule has 1 heterocycles. The van der Waals surface area contributed by atoms with Crippen molar-refractivity contribution in [1.82, 2.24) is 4.90 Å². The van der Waals surface area contributed by atoms with Gasteiger partial charge < -0.3 is 4.74 Å². The van der Waals surface area contributed by atoms with Gasteiger partial charge in [-0.1, -0.05) is 13.8 Å². The number of hydrogen-bond donors (Lipinski definition) is 0. The molecule has 20 heavy (non-hydrogen) atoms. The van der Waals surface area contributed by atoms with Gasteiger partial charge in [-0.25, -0.2) is 8.42 Å².